The van der Waals surface area contributed by atoms with Gasteiger partial charge in [-0.3, -0.25) is 4.79 Å². The zero-order valence-corrected chi connectivity index (χ0v) is 20.0. The number of unbranched alkanes of at least 4 members (excludes halogenated alkanes) is 12. The Labute approximate surface area is 182 Å². The molecule has 0 aromatic carbocycles. The summed E-state index contributed by atoms with van der Waals surface area (Å²) in [6.07, 6.45) is 30.3. The minimum Gasteiger partial charge on any atom is -0.469 e. The summed E-state index contributed by atoms with van der Waals surface area (Å²) >= 11 is 0. The number of hydrogen-bond donors (Lipinski definition) is 0. The molecule has 2 saturated carbocycles. The summed E-state index contributed by atoms with van der Waals surface area (Å²) in [5.41, 5.74) is 0. The largest absolute Gasteiger partial charge is 0.469 e. The topological polar surface area (TPSA) is 26.3 Å². The minimum absolute atomic E-state index is 0.0666. The molecular formula is C27H52O2. The summed E-state index contributed by atoms with van der Waals surface area (Å²) in [7, 11) is 1.46. The van der Waals surface area contributed by atoms with E-state index in [9.17, 15) is 4.79 Å². The Bertz CT molecular complexity index is 340. The normalized spacial score (nSPS) is 21.0. The molecule has 0 amide bonds. The van der Waals surface area contributed by atoms with Crippen LogP contribution in [0.1, 0.15) is 148 Å². The predicted molar refractivity (Wildman–Crippen MR) is 126 cm³/mol. The number of fused-ring (bicyclic) bond motifs is 1. The monoisotopic (exact) mass is 408 g/mol. The van der Waals surface area contributed by atoms with Crippen LogP contribution in [-0.2, 0) is 9.53 Å². The van der Waals surface area contributed by atoms with E-state index in [1.807, 2.05) is 0 Å². The zero-order valence-electron chi connectivity index (χ0n) is 20.0. The number of ether oxygens (including phenoxy) is 1. The summed E-state index contributed by atoms with van der Waals surface area (Å²) < 4.78 is 4.62. The Morgan fingerprint density at radius 3 is 1.31 bits per heavy atom. The van der Waals surface area contributed by atoms with E-state index in [0.717, 1.165) is 18.3 Å². The van der Waals surface area contributed by atoms with Gasteiger partial charge in [0.2, 0.25) is 0 Å². The van der Waals surface area contributed by atoms with Crippen molar-refractivity contribution in [2.45, 2.75) is 148 Å². The average Bonchev–Trinajstić information content (AvgIpc) is 2.77. The van der Waals surface area contributed by atoms with Crippen LogP contribution in [0.5, 0.6) is 0 Å². The molecule has 0 radical (unpaired) electrons. The molecule has 0 spiro atoms. The third-order valence-corrected chi connectivity index (χ3v) is 7.18. The molecule has 29 heavy (non-hydrogen) atoms. The van der Waals surface area contributed by atoms with Crippen LogP contribution in [0.3, 0.4) is 0 Å². The molecule has 0 N–H and O–H groups in total. The SMILES string of the molecule is C1CCC2CCCCC2C1.CCCCCCCCCCCCCCCC(=O)OC. The molecule has 2 aliphatic rings. The lowest BCUT2D eigenvalue weighted by molar-refractivity contribution is -0.140. The standard InChI is InChI=1S/C17H34O2.C10H18/c1-3-4-5-6-7-8-9-10-11-12-13-14-15-16-17(18)19-2;1-2-6-10-8-4-3-7-9(10)5-1/h3-16H2,1-2H3;9-10H,1-8H2. The van der Waals surface area contributed by atoms with Gasteiger partial charge in [0.1, 0.15) is 0 Å². The van der Waals surface area contributed by atoms with Crippen molar-refractivity contribution >= 4 is 5.97 Å². The second-order valence-corrected chi connectivity index (χ2v) is 9.66. The Morgan fingerprint density at radius 2 is 0.966 bits per heavy atom. The Balaban J connectivity index is 0.000000345. The van der Waals surface area contributed by atoms with E-state index >= 15 is 0 Å². The summed E-state index contributed by atoms with van der Waals surface area (Å²) in [5, 5.41) is 0. The fraction of sp³-hybridized carbons (Fsp3) is 0.963. The maximum absolute atomic E-state index is 10.9. The highest BCUT2D eigenvalue weighted by atomic mass is 16.5. The van der Waals surface area contributed by atoms with E-state index in [-0.39, 0.29) is 5.97 Å². The molecule has 0 saturated heterocycles. The first-order valence-electron chi connectivity index (χ1n) is 13.3. The Kier molecular flexibility index (Phi) is 17.8. The van der Waals surface area contributed by atoms with Crippen LogP contribution in [-0.4, -0.2) is 13.1 Å². The third-order valence-electron chi connectivity index (χ3n) is 7.18. The summed E-state index contributed by atoms with van der Waals surface area (Å²) in [6.45, 7) is 2.27. The molecule has 0 aromatic heterocycles. The van der Waals surface area contributed by atoms with Gasteiger partial charge < -0.3 is 4.74 Å². The zero-order chi connectivity index (χ0) is 21.0. The van der Waals surface area contributed by atoms with Crippen LogP contribution in [0.25, 0.3) is 0 Å². The average molecular weight is 409 g/mol. The van der Waals surface area contributed by atoms with Crippen molar-refractivity contribution in [1.29, 1.82) is 0 Å². The molecule has 0 aromatic rings. The van der Waals surface area contributed by atoms with E-state index in [1.54, 1.807) is 25.7 Å². The van der Waals surface area contributed by atoms with E-state index < -0.39 is 0 Å². The molecule has 2 aliphatic carbocycles. The Morgan fingerprint density at radius 1 is 0.621 bits per heavy atom. The van der Waals surface area contributed by atoms with Crippen LogP contribution in [0.4, 0.5) is 0 Å². The second-order valence-electron chi connectivity index (χ2n) is 9.66. The fourth-order valence-corrected chi connectivity index (χ4v) is 5.25. The van der Waals surface area contributed by atoms with Crippen LogP contribution in [0, 0.1) is 11.8 Å². The highest BCUT2D eigenvalue weighted by Gasteiger charge is 2.26. The number of esters is 1. The molecule has 0 atom stereocenters. The van der Waals surface area contributed by atoms with Crippen LogP contribution in [0.15, 0.2) is 0 Å². The summed E-state index contributed by atoms with van der Waals surface area (Å²) in [6, 6.07) is 0. The number of methoxy groups -OCH3 is 1. The quantitative estimate of drug-likeness (QED) is 0.212. The number of hydrogen-bond acceptors (Lipinski definition) is 2. The van der Waals surface area contributed by atoms with E-state index in [2.05, 4.69) is 11.7 Å². The lowest BCUT2D eigenvalue weighted by atomic mass is 9.71. The molecule has 0 unspecified atom stereocenters. The number of carbonyl (C=O) groups excluding carboxylic acids is 1. The maximum atomic E-state index is 10.9. The van der Waals surface area contributed by atoms with Crippen molar-refractivity contribution in [3.8, 4) is 0 Å². The molecule has 2 heteroatoms. The van der Waals surface area contributed by atoms with Gasteiger partial charge in [0.15, 0.2) is 0 Å². The van der Waals surface area contributed by atoms with Gasteiger partial charge in [-0.2, -0.15) is 0 Å². The molecule has 2 rings (SSSR count). The first-order valence-corrected chi connectivity index (χ1v) is 13.3. The molecule has 2 fully saturated rings. The van der Waals surface area contributed by atoms with Gasteiger partial charge in [-0.15, -0.1) is 0 Å². The van der Waals surface area contributed by atoms with E-state index in [0.29, 0.717) is 6.42 Å². The minimum atomic E-state index is -0.0666. The highest BCUT2D eigenvalue weighted by molar-refractivity contribution is 5.68. The van der Waals surface area contributed by atoms with Crippen molar-refractivity contribution in [2.24, 2.45) is 11.8 Å². The predicted octanol–water partition coefficient (Wildman–Crippen LogP) is 9.01. The van der Waals surface area contributed by atoms with Gasteiger partial charge in [0.25, 0.3) is 0 Å². The molecule has 0 aliphatic heterocycles. The summed E-state index contributed by atoms with van der Waals surface area (Å²) in [5.74, 6) is 2.24. The summed E-state index contributed by atoms with van der Waals surface area (Å²) in [4.78, 5) is 10.9. The number of carbonyl (C=O) groups is 1. The second kappa shape index (κ2) is 19.4. The smallest absolute Gasteiger partial charge is 0.305 e. The van der Waals surface area contributed by atoms with Gasteiger partial charge in [0, 0.05) is 6.42 Å². The lowest BCUT2D eigenvalue weighted by Gasteiger charge is -2.35. The van der Waals surface area contributed by atoms with E-state index in [4.69, 9.17) is 0 Å². The van der Waals surface area contributed by atoms with Gasteiger partial charge in [-0.05, 0) is 18.3 Å². The van der Waals surface area contributed by atoms with Crippen LogP contribution >= 0.6 is 0 Å². The van der Waals surface area contributed by atoms with E-state index in [1.165, 1.54) is 110 Å². The van der Waals surface area contributed by atoms with Crippen molar-refractivity contribution in [3.05, 3.63) is 0 Å². The van der Waals surface area contributed by atoms with Gasteiger partial charge in [-0.1, -0.05) is 135 Å². The van der Waals surface area contributed by atoms with Gasteiger partial charge in [-0.25, -0.2) is 0 Å². The van der Waals surface area contributed by atoms with Gasteiger partial charge in [0.05, 0.1) is 7.11 Å². The van der Waals surface area contributed by atoms with Crippen molar-refractivity contribution in [3.63, 3.8) is 0 Å². The molecule has 0 heterocycles. The van der Waals surface area contributed by atoms with Crippen molar-refractivity contribution in [1.82, 2.24) is 0 Å². The fourth-order valence-electron chi connectivity index (χ4n) is 5.25. The maximum Gasteiger partial charge on any atom is 0.305 e. The lowest BCUT2D eigenvalue weighted by Crippen LogP contribution is -2.22. The van der Waals surface area contributed by atoms with Crippen molar-refractivity contribution in [2.75, 3.05) is 7.11 Å². The van der Waals surface area contributed by atoms with Gasteiger partial charge >= 0.3 is 5.97 Å². The van der Waals surface area contributed by atoms with Crippen LogP contribution < -0.4 is 0 Å². The molecule has 172 valence electrons. The van der Waals surface area contributed by atoms with Crippen molar-refractivity contribution < 1.29 is 9.53 Å². The first kappa shape index (κ1) is 26.5. The Hall–Kier alpha value is -0.530. The molecule has 2 nitrogen and oxygen atoms in total. The third kappa shape index (κ3) is 15.0. The van der Waals surface area contributed by atoms with Crippen LogP contribution in [0.2, 0.25) is 0 Å². The first-order chi connectivity index (χ1) is 14.3. The number of rotatable bonds is 14. The molecular weight excluding hydrogens is 356 g/mol. The molecule has 0 bridgehead atoms. The highest BCUT2D eigenvalue weighted by Crippen LogP contribution is 2.40.